The summed E-state index contributed by atoms with van der Waals surface area (Å²) >= 11 is 0. The highest BCUT2D eigenvalue weighted by Crippen LogP contribution is 2.41. The minimum absolute atomic E-state index is 0.0509. The minimum Gasteiger partial charge on any atom is -0.493 e. The number of rotatable bonds is 4. The fourth-order valence-electron chi connectivity index (χ4n) is 2.20. The minimum atomic E-state index is -0.0509. The van der Waals surface area contributed by atoms with Crippen molar-refractivity contribution in [2.24, 2.45) is 10.2 Å². The van der Waals surface area contributed by atoms with Gasteiger partial charge in [0, 0.05) is 11.5 Å². The summed E-state index contributed by atoms with van der Waals surface area (Å²) in [5.41, 5.74) is 1.76. The van der Waals surface area contributed by atoms with Crippen molar-refractivity contribution in [3.05, 3.63) is 42.5 Å². The van der Waals surface area contributed by atoms with E-state index >= 15 is 0 Å². The van der Waals surface area contributed by atoms with Crippen LogP contribution in [0.5, 0.6) is 17.4 Å². The molecule has 0 saturated heterocycles. The molecule has 0 spiro atoms. The maximum absolute atomic E-state index is 10.0. The van der Waals surface area contributed by atoms with Gasteiger partial charge in [-0.25, -0.2) is 0 Å². The zero-order chi connectivity index (χ0) is 15.5. The highest BCUT2D eigenvalue weighted by Gasteiger charge is 2.15. The predicted octanol–water partition coefficient (Wildman–Crippen LogP) is 4.31. The number of aromatic nitrogens is 1. The first-order chi connectivity index (χ1) is 10.7. The van der Waals surface area contributed by atoms with Crippen molar-refractivity contribution < 1.29 is 14.6 Å². The summed E-state index contributed by atoms with van der Waals surface area (Å²) in [7, 11) is 3.11. The van der Waals surface area contributed by atoms with Gasteiger partial charge in [-0.05, 0) is 18.2 Å². The average molecular weight is 297 g/mol. The van der Waals surface area contributed by atoms with Crippen LogP contribution in [-0.4, -0.2) is 24.3 Å². The Balaban J connectivity index is 2.09. The first-order valence-electron chi connectivity index (χ1n) is 6.66. The van der Waals surface area contributed by atoms with E-state index in [-0.39, 0.29) is 5.88 Å². The predicted molar refractivity (Wildman–Crippen MR) is 83.7 cm³/mol. The molecular formula is C16H15N3O3. The monoisotopic (exact) mass is 297 g/mol. The molecule has 22 heavy (non-hydrogen) atoms. The molecule has 0 aliphatic rings. The number of aromatic hydroxyl groups is 1. The Morgan fingerprint density at radius 2 is 1.64 bits per heavy atom. The Labute approximate surface area is 127 Å². The summed E-state index contributed by atoms with van der Waals surface area (Å²) < 4.78 is 10.5. The average Bonchev–Trinajstić information content (AvgIpc) is 2.86. The lowest BCUT2D eigenvalue weighted by molar-refractivity contribution is 0.356. The fraction of sp³-hybridized carbons (Fsp3) is 0.125. The van der Waals surface area contributed by atoms with Crippen LogP contribution in [0.3, 0.4) is 0 Å². The van der Waals surface area contributed by atoms with Gasteiger partial charge in [-0.15, -0.1) is 5.11 Å². The third-order valence-electron chi connectivity index (χ3n) is 3.28. The summed E-state index contributed by atoms with van der Waals surface area (Å²) in [6.45, 7) is 0. The van der Waals surface area contributed by atoms with Crippen molar-refractivity contribution in [2.75, 3.05) is 14.2 Å². The lowest BCUT2D eigenvalue weighted by Gasteiger charge is -2.06. The summed E-state index contributed by atoms with van der Waals surface area (Å²) in [6, 6.07) is 12.8. The van der Waals surface area contributed by atoms with Crippen molar-refractivity contribution in [3.63, 3.8) is 0 Å². The molecule has 2 N–H and O–H groups in total. The fourth-order valence-corrected chi connectivity index (χ4v) is 2.20. The van der Waals surface area contributed by atoms with Gasteiger partial charge in [0.05, 0.1) is 25.4 Å². The van der Waals surface area contributed by atoms with Crippen molar-refractivity contribution in [1.29, 1.82) is 0 Å². The maximum Gasteiger partial charge on any atom is 0.218 e. The second kappa shape index (κ2) is 5.77. The second-order valence-corrected chi connectivity index (χ2v) is 4.61. The van der Waals surface area contributed by atoms with Gasteiger partial charge in [0.25, 0.3) is 0 Å². The number of hydrogen-bond acceptors (Lipinski definition) is 5. The standard InChI is InChI=1S/C16H15N3O3/c1-21-13-8-11-12(9-14(13)22-2)17-16(20)15(11)19-18-10-6-4-3-5-7-10/h3-9,17,20H,1-2H3. The quantitative estimate of drug-likeness (QED) is 0.704. The highest BCUT2D eigenvalue weighted by atomic mass is 16.5. The van der Waals surface area contributed by atoms with Crippen molar-refractivity contribution in [1.82, 2.24) is 4.98 Å². The maximum atomic E-state index is 10.0. The number of H-pyrrole nitrogens is 1. The van der Waals surface area contributed by atoms with Gasteiger partial charge >= 0.3 is 0 Å². The van der Waals surface area contributed by atoms with Crippen LogP contribution in [-0.2, 0) is 0 Å². The lowest BCUT2D eigenvalue weighted by Crippen LogP contribution is -1.89. The van der Waals surface area contributed by atoms with E-state index in [9.17, 15) is 5.11 Å². The molecule has 112 valence electrons. The van der Waals surface area contributed by atoms with Crippen LogP contribution in [0.1, 0.15) is 0 Å². The first-order valence-corrected chi connectivity index (χ1v) is 6.66. The molecule has 2 aromatic carbocycles. The number of fused-ring (bicyclic) bond motifs is 1. The lowest BCUT2D eigenvalue weighted by atomic mass is 10.2. The molecule has 0 unspecified atom stereocenters. The molecular weight excluding hydrogens is 282 g/mol. The van der Waals surface area contributed by atoms with Crippen molar-refractivity contribution >= 4 is 22.3 Å². The van der Waals surface area contributed by atoms with Gasteiger partial charge in [-0.2, -0.15) is 5.11 Å². The number of nitrogens with zero attached hydrogens (tertiary/aromatic N) is 2. The SMILES string of the molecule is COc1cc2[nH]c(O)c(N=Nc3ccccc3)c2cc1OC. The van der Waals surface area contributed by atoms with Gasteiger partial charge in [0.2, 0.25) is 5.88 Å². The summed E-state index contributed by atoms with van der Waals surface area (Å²) in [5.74, 6) is 1.08. The van der Waals surface area contributed by atoms with Crippen molar-refractivity contribution in [2.45, 2.75) is 0 Å². The Bertz CT molecular complexity index is 826. The highest BCUT2D eigenvalue weighted by molar-refractivity contribution is 5.96. The molecule has 0 amide bonds. The van der Waals surface area contributed by atoms with Gasteiger partial charge in [0.1, 0.15) is 0 Å². The third kappa shape index (κ3) is 2.46. The van der Waals surface area contributed by atoms with E-state index in [1.54, 1.807) is 26.4 Å². The molecule has 1 heterocycles. The molecule has 3 aromatic rings. The van der Waals surface area contributed by atoms with E-state index in [1.165, 1.54) is 0 Å². The number of methoxy groups -OCH3 is 2. The Morgan fingerprint density at radius 1 is 0.955 bits per heavy atom. The van der Waals surface area contributed by atoms with E-state index in [1.807, 2.05) is 30.3 Å². The first kappa shape index (κ1) is 13.9. The van der Waals surface area contributed by atoms with Gasteiger partial charge in [-0.3, -0.25) is 0 Å². The van der Waals surface area contributed by atoms with E-state index in [0.29, 0.717) is 33.8 Å². The zero-order valence-corrected chi connectivity index (χ0v) is 12.2. The summed E-state index contributed by atoms with van der Waals surface area (Å²) in [6.07, 6.45) is 0. The molecule has 0 radical (unpaired) electrons. The molecule has 0 atom stereocenters. The van der Waals surface area contributed by atoms with E-state index < -0.39 is 0 Å². The molecule has 0 aliphatic carbocycles. The zero-order valence-electron chi connectivity index (χ0n) is 12.2. The largest absolute Gasteiger partial charge is 0.493 e. The molecule has 0 saturated carbocycles. The van der Waals surface area contributed by atoms with Crippen molar-refractivity contribution in [3.8, 4) is 17.4 Å². The van der Waals surface area contributed by atoms with Crippen LogP contribution < -0.4 is 9.47 Å². The number of benzene rings is 2. The molecule has 0 bridgehead atoms. The van der Waals surface area contributed by atoms with Crippen LogP contribution in [0, 0.1) is 0 Å². The third-order valence-corrected chi connectivity index (χ3v) is 3.28. The number of aromatic amines is 1. The number of azo groups is 1. The van der Waals surface area contributed by atoms with Crippen LogP contribution in [0.25, 0.3) is 10.9 Å². The van der Waals surface area contributed by atoms with Gasteiger partial charge < -0.3 is 19.6 Å². The number of ether oxygens (including phenoxy) is 2. The van der Waals surface area contributed by atoms with Gasteiger partial charge in [0.15, 0.2) is 17.2 Å². The normalized spacial score (nSPS) is 11.2. The van der Waals surface area contributed by atoms with Gasteiger partial charge in [-0.1, -0.05) is 18.2 Å². The Morgan fingerprint density at radius 3 is 2.32 bits per heavy atom. The molecule has 0 aliphatic heterocycles. The number of hydrogen-bond donors (Lipinski definition) is 2. The van der Waals surface area contributed by atoms with Crippen LogP contribution in [0.2, 0.25) is 0 Å². The smallest absolute Gasteiger partial charge is 0.218 e. The second-order valence-electron chi connectivity index (χ2n) is 4.61. The summed E-state index contributed by atoms with van der Waals surface area (Å²) in [5, 5.41) is 19.0. The van der Waals surface area contributed by atoms with E-state index in [4.69, 9.17) is 9.47 Å². The van der Waals surface area contributed by atoms with Crippen LogP contribution in [0.15, 0.2) is 52.7 Å². The molecule has 1 aromatic heterocycles. The van der Waals surface area contributed by atoms with Crippen LogP contribution >= 0.6 is 0 Å². The Kier molecular flexibility index (Phi) is 3.65. The van der Waals surface area contributed by atoms with Crippen LogP contribution in [0.4, 0.5) is 11.4 Å². The Hall–Kier alpha value is -3.02. The number of nitrogens with one attached hydrogen (secondary N) is 1. The van der Waals surface area contributed by atoms with E-state index in [2.05, 4.69) is 15.2 Å². The summed E-state index contributed by atoms with van der Waals surface area (Å²) in [4.78, 5) is 2.86. The molecule has 3 rings (SSSR count). The molecule has 6 heteroatoms. The topological polar surface area (TPSA) is 79.2 Å². The van der Waals surface area contributed by atoms with E-state index in [0.717, 1.165) is 0 Å². The molecule has 0 fully saturated rings. The molecule has 6 nitrogen and oxygen atoms in total.